The van der Waals surface area contributed by atoms with Crippen LogP contribution in [-0.2, 0) is 11.3 Å². The highest BCUT2D eigenvalue weighted by Gasteiger charge is 2.40. The summed E-state index contributed by atoms with van der Waals surface area (Å²) in [5.41, 5.74) is 1.80. The summed E-state index contributed by atoms with van der Waals surface area (Å²) in [7, 11) is 1.51. The number of carbonyl (C=O) groups is 2. The Kier molecular flexibility index (Phi) is 5.10. The van der Waals surface area contributed by atoms with Gasteiger partial charge in [-0.25, -0.2) is 4.98 Å². The van der Waals surface area contributed by atoms with E-state index >= 15 is 0 Å². The summed E-state index contributed by atoms with van der Waals surface area (Å²) < 4.78 is 6.21. The molecule has 142 valence electrons. The third-order valence-corrected chi connectivity index (χ3v) is 5.59. The van der Waals surface area contributed by atoms with Gasteiger partial charge in [0.25, 0.3) is 11.8 Å². The van der Waals surface area contributed by atoms with Crippen molar-refractivity contribution >= 4 is 44.2 Å². The van der Waals surface area contributed by atoms with Gasteiger partial charge < -0.3 is 9.64 Å². The fourth-order valence-electron chi connectivity index (χ4n) is 3.16. The van der Waals surface area contributed by atoms with Gasteiger partial charge in [0, 0.05) is 34.4 Å². The van der Waals surface area contributed by atoms with Gasteiger partial charge in [-0.1, -0.05) is 22.0 Å². The predicted octanol–water partition coefficient (Wildman–Crippen LogP) is 3.65. The number of nitrogens with zero attached hydrogens (tertiary/aromatic N) is 3. The SMILES string of the molecule is COc1cccnc1C(C(=O)Nc1nccs1)N1Cc2ccc(Br)cc2C1=O. The highest BCUT2D eigenvalue weighted by atomic mass is 79.9. The van der Waals surface area contributed by atoms with Crippen molar-refractivity contribution in [3.8, 4) is 5.75 Å². The van der Waals surface area contributed by atoms with Crippen molar-refractivity contribution < 1.29 is 14.3 Å². The summed E-state index contributed by atoms with van der Waals surface area (Å²) in [6.07, 6.45) is 3.18. The molecule has 0 bridgehead atoms. The van der Waals surface area contributed by atoms with Crippen molar-refractivity contribution in [1.82, 2.24) is 14.9 Å². The van der Waals surface area contributed by atoms with E-state index in [2.05, 4.69) is 31.2 Å². The second-order valence-electron chi connectivity index (χ2n) is 6.05. The van der Waals surface area contributed by atoms with Crippen molar-refractivity contribution in [3.05, 3.63) is 69.4 Å². The molecule has 0 fully saturated rings. The Bertz CT molecular complexity index is 1040. The van der Waals surface area contributed by atoms with Crippen molar-refractivity contribution in [2.75, 3.05) is 12.4 Å². The summed E-state index contributed by atoms with van der Waals surface area (Å²) in [5, 5.41) is 5.00. The molecular formula is C19H15BrN4O3S. The quantitative estimate of drug-likeness (QED) is 0.630. The predicted molar refractivity (Wildman–Crippen MR) is 108 cm³/mol. The number of fused-ring (bicyclic) bond motifs is 1. The van der Waals surface area contributed by atoms with Crippen LogP contribution in [0.3, 0.4) is 0 Å². The Morgan fingerprint density at radius 1 is 1.32 bits per heavy atom. The fourth-order valence-corrected chi connectivity index (χ4v) is 4.05. The first-order chi connectivity index (χ1) is 13.6. The zero-order chi connectivity index (χ0) is 19.7. The van der Waals surface area contributed by atoms with E-state index in [9.17, 15) is 9.59 Å². The Morgan fingerprint density at radius 3 is 2.93 bits per heavy atom. The number of halogens is 1. The molecule has 1 aliphatic rings. The van der Waals surface area contributed by atoms with E-state index in [1.807, 2.05) is 12.1 Å². The van der Waals surface area contributed by atoms with E-state index in [-0.39, 0.29) is 5.91 Å². The summed E-state index contributed by atoms with van der Waals surface area (Å²) in [6.45, 7) is 0.303. The maximum atomic E-state index is 13.2. The first kappa shape index (κ1) is 18.6. The van der Waals surface area contributed by atoms with Crippen molar-refractivity contribution in [1.29, 1.82) is 0 Å². The molecule has 0 spiro atoms. The molecule has 7 nitrogen and oxygen atoms in total. The third-order valence-electron chi connectivity index (χ3n) is 4.41. The van der Waals surface area contributed by atoms with Crippen LogP contribution in [0.2, 0.25) is 0 Å². The molecule has 0 radical (unpaired) electrons. The van der Waals surface area contributed by atoms with Gasteiger partial charge >= 0.3 is 0 Å². The van der Waals surface area contributed by atoms with Crippen molar-refractivity contribution in [3.63, 3.8) is 0 Å². The van der Waals surface area contributed by atoms with Crippen LogP contribution in [0.1, 0.15) is 27.7 Å². The van der Waals surface area contributed by atoms with Gasteiger partial charge in [0.1, 0.15) is 11.4 Å². The monoisotopic (exact) mass is 458 g/mol. The van der Waals surface area contributed by atoms with Crippen LogP contribution >= 0.6 is 27.3 Å². The number of nitrogens with one attached hydrogen (secondary N) is 1. The van der Waals surface area contributed by atoms with Crippen LogP contribution in [0, 0.1) is 0 Å². The lowest BCUT2D eigenvalue weighted by Crippen LogP contribution is -2.38. The highest BCUT2D eigenvalue weighted by Crippen LogP contribution is 2.36. The lowest BCUT2D eigenvalue weighted by atomic mass is 10.1. The molecule has 1 aliphatic heterocycles. The lowest BCUT2D eigenvalue weighted by molar-refractivity contribution is -0.121. The number of methoxy groups -OCH3 is 1. The fraction of sp³-hybridized carbons (Fsp3) is 0.158. The van der Waals surface area contributed by atoms with Crippen LogP contribution in [0.5, 0.6) is 5.75 Å². The van der Waals surface area contributed by atoms with Gasteiger partial charge in [0.15, 0.2) is 11.2 Å². The second kappa shape index (κ2) is 7.69. The van der Waals surface area contributed by atoms with Gasteiger partial charge in [-0.3, -0.25) is 19.9 Å². The molecule has 4 rings (SSSR count). The Morgan fingerprint density at radius 2 is 2.18 bits per heavy atom. The summed E-state index contributed by atoms with van der Waals surface area (Å²) in [6, 6.07) is 8.00. The average molecular weight is 459 g/mol. The Balaban J connectivity index is 1.75. The third kappa shape index (κ3) is 3.38. The van der Waals surface area contributed by atoms with E-state index in [1.54, 1.807) is 36.0 Å². The van der Waals surface area contributed by atoms with Gasteiger partial charge in [-0.15, -0.1) is 11.3 Å². The zero-order valence-corrected chi connectivity index (χ0v) is 17.2. The summed E-state index contributed by atoms with van der Waals surface area (Å²) in [5.74, 6) is -0.192. The number of carbonyl (C=O) groups excluding carboxylic acids is 2. The van der Waals surface area contributed by atoms with Crippen molar-refractivity contribution in [2.24, 2.45) is 0 Å². The van der Waals surface area contributed by atoms with Gasteiger partial charge in [0.05, 0.1) is 7.11 Å². The molecule has 1 N–H and O–H groups in total. The first-order valence-electron chi connectivity index (χ1n) is 8.37. The molecule has 2 amide bonds. The smallest absolute Gasteiger partial charge is 0.255 e. The van der Waals surface area contributed by atoms with Gasteiger partial charge in [-0.2, -0.15) is 0 Å². The number of amides is 2. The highest BCUT2D eigenvalue weighted by molar-refractivity contribution is 9.10. The van der Waals surface area contributed by atoms with Crippen LogP contribution in [0.15, 0.2) is 52.6 Å². The molecular weight excluding hydrogens is 444 g/mol. The topological polar surface area (TPSA) is 84.4 Å². The molecule has 1 aromatic carbocycles. The number of aromatic nitrogens is 2. The first-order valence-corrected chi connectivity index (χ1v) is 10.0. The molecule has 1 atom stereocenters. The van der Waals surface area contributed by atoms with E-state index < -0.39 is 11.9 Å². The number of pyridine rings is 1. The largest absolute Gasteiger partial charge is 0.495 e. The van der Waals surface area contributed by atoms with Gasteiger partial charge in [0.2, 0.25) is 0 Å². The van der Waals surface area contributed by atoms with Crippen LogP contribution in [0.25, 0.3) is 0 Å². The van der Waals surface area contributed by atoms with Crippen LogP contribution in [-0.4, -0.2) is 33.8 Å². The number of hydrogen-bond donors (Lipinski definition) is 1. The maximum absolute atomic E-state index is 13.2. The van der Waals surface area contributed by atoms with E-state index in [0.29, 0.717) is 28.7 Å². The van der Waals surface area contributed by atoms with Crippen LogP contribution < -0.4 is 10.1 Å². The standard InChI is InChI=1S/C19H15BrN4O3S/c1-27-14-3-2-6-21-15(14)16(17(25)23-19-22-7-8-28-19)24-10-11-4-5-12(20)9-13(11)18(24)26/h2-9,16H,10H2,1H3,(H,22,23,25). The molecule has 1 unspecified atom stereocenters. The molecule has 0 aliphatic carbocycles. The van der Waals surface area contributed by atoms with Crippen molar-refractivity contribution in [2.45, 2.75) is 12.6 Å². The van der Waals surface area contributed by atoms with E-state index in [0.717, 1.165) is 10.0 Å². The average Bonchev–Trinajstić information content (AvgIpc) is 3.31. The molecule has 9 heteroatoms. The molecule has 3 aromatic rings. The Labute approximate surface area is 173 Å². The minimum atomic E-state index is -0.960. The normalized spacial score (nSPS) is 13.9. The van der Waals surface area contributed by atoms with Crippen LogP contribution in [0.4, 0.5) is 5.13 Å². The van der Waals surface area contributed by atoms with Gasteiger partial charge in [-0.05, 0) is 29.8 Å². The number of benzene rings is 1. The molecule has 0 saturated heterocycles. The zero-order valence-electron chi connectivity index (χ0n) is 14.8. The Hall–Kier alpha value is -2.78. The number of hydrogen-bond acceptors (Lipinski definition) is 6. The number of ether oxygens (including phenoxy) is 1. The minimum absolute atomic E-state index is 0.233. The maximum Gasteiger partial charge on any atom is 0.255 e. The molecule has 28 heavy (non-hydrogen) atoms. The summed E-state index contributed by atoms with van der Waals surface area (Å²) >= 11 is 4.70. The van der Waals surface area contributed by atoms with E-state index in [4.69, 9.17) is 4.74 Å². The number of rotatable bonds is 5. The molecule has 0 saturated carbocycles. The number of anilines is 1. The molecule has 3 heterocycles. The minimum Gasteiger partial charge on any atom is -0.495 e. The second-order valence-corrected chi connectivity index (χ2v) is 7.86. The number of thiazole rings is 1. The molecule has 2 aromatic heterocycles. The lowest BCUT2D eigenvalue weighted by Gasteiger charge is -2.27. The summed E-state index contributed by atoms with van der Waals surface area (Å²) in [4.78, 5) is 36.3. The van der Waals surface area contributed by atoms with E-state index in [1.165, 1.54) is 23.3 Å².